The minimum atomic E-state index is -3.90. The van der Waals surface area contributed by atoms with Gasteiger partial charge in [0, 0.05) is 12.1 Å². The van der Waals surface area contributed by atoms with Gasteiger partial charge < -0.3 is 14.2 Å². The summed E-state index contributed by atoms with van der Waals surface area (Å²) in [4.78, 5) is 0.144. The average molecular weight is 456 g/mol. The van der Waals surface area contributed by atoms with Gasteiger partial charge in [-0.3, -0.25) is 4.31 Å². The molecule has 3 aromatic carbocycles. The molecule has 170 valence electrons. The summed E-state index contributed by atoms with van der Waals surface area (Å²) in [5, 5.41) is 0. The third-order valence-corrected chi connectivity index (χ3v) is 7.03. The van der Waals surface area contributed by atoms with Crippen LogP contribution < -0.4 is 18.5 Å². The molecule has 0 aromatic heterocycles. The molecule has 0 saturated carbocycles. The fourth-order valence-electron chi connectivity index (χ4n) is 3.36. The minimum absolute atomic E-state index is 0.144. The third-order valence-electron chi connectivity index (χ3n) is 5.26. The maximum Gasteiger partial charge on any atom is 0.264 e. The van der Waals surface area contributed by atoms with Gasteiger partial charge in [-0.1, -0.05) is 44.2 Å². The number of methoxy groups -OCH3 is 3. The standard InChI is InChI=1S/C25H29NO5S/c1-18(2)20-11-9-19(10-12-20)17-26(21-13-14-24(30-4)25(15-21)31-5)32(27,28)23-8-6-7-22(16-23)29-3/h6-16,18H,17H2,1-5H3. The fraction of sp³-hybridized carbons (Fsp3) is 0.280. The van der Waals surface area contributed by atoms with Crippen molar-refractivity contribution in [1.82, 2.24) is 0 Å². The van der Waals surface area contributed by atoms with Gasteiger partial charge in [-0.25, -0.2) is 8.42 Å². The first-order chi connectivity index (χ1) is 15.3. The Balaban J connectivity index is 2.10. The highest BCUT2D eigenvalue weighted by Gasteiger charge is 2.27. The lowest BCUT2D eigenvalue weighted by atomic mass is 10.0. The van der Waals surface area contributed by atoms with Gasteiger partial charge in [0.2, 0.25) is 0 Å². The molecule has 0 fully saturated rings. The molecule has 6 nitrogen and oxygen atoms in total. The Bertz CT molecular complexity index is 1160. The molecule has 32 heavy (non-hydrogen) atoms. The van der Waals surface area contributed by atoms with Crippen molar-refractivity contribution in [3.8, 4) is 17.2 Å². The maximum absolute atomic E-state index is 13.7. The SMILES string of the molecule is COc1cccc(S(=O)(=O)N(Cc2ccc(C(C)C)cc2)c2ccc(OC)c(OC)c2)c1. The summed E-state index contributed by atoms with van der Waals surface area (Å²) in [6, 6.07) is 19.5. The van der Waals surface area contributed by atoms with Crippen LogP contribution in [0.25, 0.3) is 0 Å². The molecule has 0 N–H and O–H groups in total. The third kappa shape index (κ3) is 4.99. The van der Waals surface area contributed by atoms with Crippen LogP contribution in [0, 0.1) is 0 Å². The molecule has 0 unspecified atom stereocenters. The quantitative estimate of drug-likeness (QED) is 0.442. The predicted molar refractivity (Wildman–Crippen MR) is 126 cm³/mol. The number of sulfonamides is 1. The van der Waals surface area contributed by atoms with E-state index in [-0.39, 0.29) is 11.4 Å². The zero-order chi connectivity index (χ0) is 23.3. The lowest BCUT2D eigenvalue weighted by Gasteiger charge is -2.26. The molecular formula is C25H29NO5S. The molecule has 0 radical (unpaired) electrons. The zero-order valence-corrected chi connectivity index (χ0v) is 19.8. The molecule has 3 aromatic rings. The fourth-order valence-corrected chi connectivity index (χ4v) is 4.84. The normalized spacial score (nSPS) is 11.3. The Hall–Kier alpha value is -3.19. The average Bonchev–Trinajstić information content (AvgIpc) is 2.82. The first-order valence-corrected chi connectivity index (χ1v) is 11.7. The summed E-state index contributed by atoms with van der Waals surface area (Å²) < 4.78 is 44.8. The van der Waals surface area contributed by atoms with E-state index in [0.29, 0.717) is 28.9 Å². The van der Waals surface area contributed by atoms with Crippen LogP contribution in [0.5, 0.6) is 17.2 Å². The number of anilines is 1. The highest BCUT2D eigenvalue weighted by Crippen LogP contribution is 2.35. The summed E-state index contributed by atoms with van der Waals surface area (Å²) >= 11 is 0. The molecule has 0 aliphatic heterocycles. The topological polar surface area (TPSA) is 65.1 Å². The van der Waals surface area contributed by atoms with Crippen LogP contribution in [0.3, 0.4) is 0 Å². The van der Waals surface area contributed by atoms with Crippen LogP contribution >= 0.6 is 0 Å². The summed E-state index contributed by atoms with van der Waals surface area (Å²) in [6.07, 6.45) is 0. The number of ether oxygens (including phenoxy) is 3. The van der Waals surface area contributed by atoms with Gasteiger partial charge in [0.15, 0.2) is 11.5 Å². The molecule has 0 amide bonds. The van der Waals surface area contributed by atoms with Crippen LogP contribution in [-0.4, -0.2) is 29.7 Å². The Morgan fingerprint density at radius 3 is 2.09 bits per heavy atom. The van der Waals surface area contributed by atoms with E-state index in [4.69, 9.17) is 14.2 Å². The second-order valence-electron chi connectivity index (χ2n) is 7.63. The van der Waals surface area contributed by atoms with E-state index < -0.39 is 10.0 Å². The molecule has 0 heterocycles. The van der Waals surface area contributed by atoms with Crippen LogP contribution in [0.4, 0.5) is 5.69 Å². The first-order valence-electron chi connectivity index (χ1n) is 10.3. The van der Waals surface area contributed by atoms with Gasteiger partial charge in [0.25, 0.3) is 10.0 Å². The molecule has 0 atom stereocenters. The number of nitrogens with zero attached hydrogens (tertiary/aromatic N) is 1. The number of hydrogen-bond acceptors (Lipinski definition) is 5. The number of benzene rings is 3. The smallest absolute Gasteiger partial charge is 0.264 e. The summed E-state index contributed by atoms with van der Waals surface area (Å²) in [5.41, 5.74) is 2.54. The molecular weight excluding hydrogens is 426 g/mol. The molecule has 0 aliphatic rings. The molecule has 0 saturated heterocycles. The second kappa shape index (κ2) is 9.96. The van der Waals surface area contributed by atoms with Crippen LogP contribution in [0.1, 0.15) is 30.9 Å². The van der Waals surface area contributed by atoms with Crippen molar-refractivity contribution in [2.45, 2.75) is 31.2 Å². The van der Waals surface area contributed by atoms with E-state index in [1.807, 2.05) is 24.3 Å². The minimum Gasteiger partial charge on any atom is -0.497 e. The lowest BCUT2D eigenvalue weighted by Crippen LogP contribution is -2.30. The maximum atomic E-state index is 13.7. The van der Waals surface area contributed by atoms with Gasteiger partial charge in [0.1, 0.15) is 5.75 Å². The number of rotatable bonds is 9. The van der Waals surface area contributed by atoms with E-state index >= 15 is 0 Å². The van der Waals surface area contributed by atoms with Crippen molar-refractivity contribution >= 4 is 15.7 Å². The van der Waals surface area contributed by atoms with E-state index in [9.17, 15) is 8.42 Å². The van der Waals surface area contributed by atoms with E-state index in [1.54, 1.807) is 43.5 Å². The van der Waals surface area contributed by atoms with Crippen molar-refractivity contribution in [1.29, 1.82) is 0 Å². The monoisotopic (exact) mass is 455 g/mol. The van der Waals surface area contributed by atoms with Crippen molar-refractivity contribution < 1.29 is 22.6 Å². The van der Waals surface area contributed by atoms with Crippen molar-refractivity contribution in [3.05, 3.63) is 77.9 Å². The predicted octanol–water partition coefficient (Wildman–Crippen LogP) is 5.23. The van der Waals surface area contributed by atoms with Crippen LogP contribution in [0.2, 0.25) is 0 Å². The Labute approximate surface area is 190 Å². The van der Waals surface area contributed by atoms with Gasteiger partial charge in [0.05, 0.1) is 38.5 Å². The molecule has 0 spiro atoms. The van der Waals surface area contributed by atoms with E-state index in [1.165, 1.54) is 30.2 Å². The van der Waals surface area contributed by atoms with Crippen molar-refractivity contribution in [2.24, 2.45) is 0 Å². The lowest BCUT2D eigenvalue weighted by molar-refractivity contribution is 0.355. The largest absolute Gasteiger partial charge is 0.497 e. The highest BCUT2D eigenvalue weighted by molar-refractivity contribution is 7.92. The molecule has 3 rings (SSSR count). The molecule has 0 bridgehead atoms. The Morgan fingerprint density at radius 2 is 1.50 bits per heavy atom. The van der Waals surface area contributed by atoms with Gasteiger partial charge in [-0.2, -0.15) is 0 Å². The summed E-state index contributed by atoms with van der Waals surface area (Å²) in [7, 11) is 0.670. The molecule has 0 aliphatic carbocycles. The summed E-state index contributed by atoms with van der Waals surface area (Å²) in [6.45, 7) is 4.41. The van der Waals surface area contributed by atoms with Crippen LogP contribution in [0.15, 0.2) is 71.6 Å². The van der Waals surface area contributed by atoms with E-state index in [0.717, 1.165) is 5.56 Å². The van der Waals surface area contributed by atoms with Crippen LogP contribution in [-0.2, 0) is 16.6 Å². The van der Waals surface area contributed by atoms with Gasteiger partial charge in [-0.05, 0) is 41.3 Å². The molecule has 7 heteroatoms. The van der Waals surface area contributed by atoms with E-state index in [2.05, 4.69) is 13.8 Å². The van der Waals surface area contributed by atoms with Crippen molar-refractivity contribution in [3.63, 3.8) is 0 Å². The first kappa shape index (κ1) is 23.5. The highest BCUT2D eigenvalue weighted by atomic mass is 32.2. The van der Waals surface area contributed by atoms with Crippen molar-refractivity contribution in [2.75, 3.05) is 25.6 Å². The Morgan fingerprint density at radius 1 is 0.812 bits per heavy atom. The zero-order valence-electron chi connectivity index (χ0n) is 19.0. The summed E-state index contributed by atoms with van der Waals surface area (Å²) in [5.74, 6) is 1.84. The van der Waals surface area contributed by atoms with Gasteiger partial charge >= 0.3 is 0 Å². The van der Waals surface area contributed by atoms with Gasteiger partial charge in [-0.15, -0.1) is 0 Å². The Kier molecular flexibility index (Phi) is 7.30. The second-order valence-corrected chi connectivity index (χ2v) is 9.49. The number of hydrogen-bond donors (Lipinski definition) is 0.